The first-order valence-corrected chi connectivity index (χ1v) is 11.3. The minimum absolute atomic E-state index is 0.849. The number of piperidine rings is 1. The number of anilines is 1. The van der Waals surface area contributed by atoms with Crippen LogP contribution in [0.1, 0.15) is 37.3 Å². The van der Waals surface area contributed by atoms with Gasteiger partial charge in [-0.3, -0.25) is 0 Å². The number of ether oxygens (including phenoxy) is 1. The summed E-state index contributed by atoms with van der Waals surface area (Å²) in [4.78, 5) is 12.7. The number of benzene rings is 3. The molecule has 4 heteroatoms. The molecule has 1 saturated heterocycles. The monoisotopic (exact) mass is 409 g/mol. The van der Waals surface area contributed by atoms with Crippen molar-refractivity contribution in [2.45, 2.75) is 45.8 Å². The first kappa shape index (κ1) is 18.6. The molecule has 4 nitrogen and oxygen atoms in total. The normalized spacial score (nSPS) is 21.8. The zero-order valence-corrected chi connectivity index (χ0v) is 18.4. The molecule has 1 spiro atoms. The number of hydrogen-bond donors (Lipinski definition) is 0. The summed E-state index contributed by atoms with van der Waals surface area (Å²) in [6, 6.07) is 14.7. The third-order valence-electron chi connectivity index (χ3n) is 6.98. The molecular weight excluding hydrogens is 382 g/mol. The summed E-state index contributed by atoms with van der Waals surface area (Å²) < 4.78 is 6.81. The Kier molecular flexibility index (Phi) is 4.01. The Morgan fingerprint density at radius 1 is 0.935 bits per heavy atom. The zero-order valence-electron chi connectivity index (χ0n) is 18.4. The van der Waals surface area contributed by atoms with E-state index in [9.17, 15) is 0 Å². The van der Waals surface area contributed by atoms with E-state index < -0.39 is 5.72 Å². The number of aliphatic imine (C=N–C) groups is 1. The van der Waals surface area contributed by atoms with Crippen LogP contribution in [0, 0.1) is 13.8 Å². The Morgan fingerprint density at radius 2 is 1.74 bits per heavy atom. The second-order valence-electron chi connectivity index (χ2n) is 9.01. The van der Waals surface area contributed by atoms with Crippen LogP contribution in [-0.4, -0.2) is 24.5 Å². The highest BCUT2D eigenvalue weighted by Gasteiger charge is 2.41. The topological polar surface area (TPSA) is 37.2 Å². The molecule has 0 N–H and O–H groups in total. The average Bonchev–Trinajstić information content (AvgIpc) is 3.16. The molecule has 1 atom stereocenters. The van der Waals surface area contributed by atoms with Crippen LogP contribution in [0.25, 0.3) is 16.8 Å². The molecule has 0 radical (unpaired) electrons. The first-order valence-electron chi connectivity index (χ1n) is 11.3. The van der Waals surface area contributed by atoms with Gasteiger partial charge in [-0.15, -0.1) is 0 Å². The van der Waals surface area contributed by atoms with Crippen molar-refractivity contribution in [3.63, 3.8) is 0 Å². The molecule has 1 unspecified atom stereocenters. The predicted molar refractivity (Wildman–Crippen MR) is 127 cm³/mol. The third kappa shape index (κ3) is 2.67. The van der Waals surface area contributed by atoms with Crippen molar-refractivity contribution >= 4 is 33.9 Å². The van der Waals surface area contributed by atoms with E-state index in [1.807, 2.05) is 25.1 Å². The Bertz CT molecular complexity index is 1340. The van der Waals surface area contributed by atoms with Gasteiger partial charge in [0.15, 0.2) is 5.75 Å². The number of nitrogens with zero attached hydrogens (tertiary/aromatic N) is 3. The van der Waals surface area contributed by atoms with E-state index in [1.165, 1.54) is 46.8 Å². The van der Waals surface area contributed by atoms with Gasteiger partial charge in [0, 0.05) is 34.6 Å². The van der Waals surface area contributed by atoms with Crippen LogP contribution in [0.15, 0.2) is 52.4 Å². The molecule has 0 aromatic heterocycles. The van der Waals surface area contributed by atoms with E-state index in [1.54, 1.807) is 0 Å². The van der Waals surface area contributed by atoms with Crippen molar-refractivity contribution < 1.29 is 4.74 Å². The van der Waals surface area contributed by atoms with Gasteiger partial charge >= 0.3 is 0 Å². The van der Waals surface area contributed by atoms with Crippen molar-refractivity contribution in [2.75, 3.05) is 18.0 Å². The summed E-state index contributed by atoms with van der Waals surface area (Å²) in [5, 5.41) is 4.55. The highest BCUT2D eigenvalue weighted by molar-refractivity contribution is 6.11. The molecule has 0 aliphatic carbocycles. The van der Waals surface area contributed by atoms with E-state index in [0.29, 0.717) is 0 Å². The lowest BCUT2D eigenvalue weighted by Gasteiger charge is -2.36. The van der Waals surface area contributed by atoms with Gasteiger partial charge < -0.3 is 9.64 Å². The van der Waals surface area contributed by atoms with Gasteiger partial charge in [-0.05, 0) is 57.7 Å². The Labute approximate surface area is 182 Å². The average molecular weight is 410 g/mol. The van der Waals surface area contributed by atoms with Crippen LogP contribution in [0.4, 0.5) is 11.4 Å². The fraction of sp³-hybridized carbons (Fsp3) is 0.333. The van der Waals surface area contributed by atoms with Crippen molar-refractivity contribution in [2.24, 2.45) is 9.98 Å². The maximum Gasteiger partial charge on any atom is 0.260 e. The number of aryl methyl sites for hydroxylation is 1. The van der Waals surface area contributed by atoms with E-state index in [-0.39, 0.29) is 0 Å². The summed E-state index contributed by atoms with van der Waals surface area (Å²) in [5.41, 5.74) is 4.75. The molecule has 3 aromatic rings. The lowest BCUT2D eigenvalue weighted by atomic mass is 9.94. The van der Waals surface area contributed by atoms with Crippen LogP contribution in [-0.2, 0) is 0 Å². The molecule has 3 aliphatic heterocycles. The maximum atomic E-state index is 6.81. The lowest BCUT2D eigenvalue weighted by molar-refractivity contribution is 0.211. The van der Waals surface area contributed by atoms with E-state index in [2.05, 4.69) is 49.1 Å². The predicted octanol–water partition coefficient (Wildman–Crippen LogP) is 4.74. The molecule has 3 aliphatic rings. The van der Waals surface area contributed by atoms with E-state index >= 15 is 0 Å². The minimum Gasteiger partial charge on any atom is -0.454 e. The molecule has 0 bridgehead atoms. The molecule has 31 heavy (non-hydrogen) atoms. The number of fused-ring (bicyclic) bond motifs is 4. The van der Waals surface area contributed by atoms with Crippen molar-refractivity contribution in [1.82, 2.24) is 0 Å². The third-order valence-corrected chi connectivity index (χ3v) is 6.98. The van der Waals surface area contributed by atoms with Crippen molar-refractivity contribution in [3.05, 3.63) is 64.2 Å². The minimum atomic E-state index is -0.849. The number of para-hydroxylation sites is 1. The van der Waals surface area contributed by atoms with Crippen LogP contribution in [0.2, 0.25) is 0 Å². The summed E-state index contributed by atoms with van der Waals surface area (Å²) in [7, 11) is 0. The molecule has 3 heterocycles. The summed E-state index contributed by atoms with van der Waals surface area (Å²) >= 11 is 0. The van der Waals surface area contributed by atoms with Crippen molar-refractivity contribution in [1.29, 1.82) is 0 Å². The van der Waals surface area contributed by atoms with Crippen LogP contribution >= 0.6 is 0 Å². The van der Waals surface area contributed by atoms with Gasteiger partial charge in [-0.25, -0.2) is 9.98 Å². The number of hydrogen-bond acceptors (Lipinski definition) is 4. The van der Waals surface area contributed by atoms with Gasteiger partial charge in [0.1, 0.15) is 5.69 Å². The standard InChI is InChI=1S/C27H27N3O/c1-17-10-9-12-21-23(17)25(30-14-7-4-8-15-30)18(2)26-24(21)28-19(3)27(31-26)16-20-11-5-6-13-22(20)29-27/h5-6,9-13,16H,4,7-8,14-15H2,1-3H3. The Balaban J connectivity index is 1.63. The zero-order chi connectivity index (χ0) is 21.2. The molecular formula is C27H27N3O. The Hall–Kier alpha value is -3.14. The van der Waals surface area contributed by atoms with Crippen LogP contribution in [0.5, 0.6) is 5.75 Å². The van der Waals surface area contributed by atoms with E-state index in [4.69, 9.17) is 14.7 Å². The van der Waals surface area contributed by atoms with Gasteiger partial charge in [-0.1, -0.05) is 36.4 Å². The second-order valence-corrected chi connectivity index (χ2v) is 9.01. The summed E-state index contributed by atoms with van der Waals surface area (Å²) in [6.07, 6.45) is 5.91. The van der Waals surface area contributed by atoms with Gasteiger partial charge in [0.2, 0.25) is 0 Å². The molecule has 1 fully saturated rings. The summed E-state index contributed by atoms with van der Waals surface area (Å²) in [5.74, 6) is 0.872. The fourth-order valence-corrected chi connectivity index (χ4v) is 5.37. The van der Waals surface area contributed by atoms with Crippen molar-refractivity contribution in [3.8, 4) is 5.75 Å². The van der Waals surface area contributed by atoms with Gasteiger partial charge in [0.25, 0.3) is 5.72 Å². The largest absolute Gasteiger partial charge is 0.454 e. The lowest BCUT2D eigenvalue weighted by Crippen LogP contribution is -2.40. The first-order chi connectivity index (χ1) is 15.1. The fourth-order valence-electron chi connectivity index (χ4n) is 5.37. The maximum absolute atomic E-state index is 6.81. The van der Waals surface area contributed by atoms with E-state index in [0.717, 1.165) is 40.8 Å². The smallest absolute Gasteiger partial charge is 0.260 e. The second kappa shape index (κ2) is 6.68. The van der Waals surface area contributed by atoms with Crippen LogP contribution < -0.4 is 20.2 Å². The molecule has 0 amide bonds. The molecule has 3 aromatic carbocycles. The van der Waals surface area contributed by atoms with Crippen LogP contribution in [0.3, 0.4) is 0 Å². The highest BCUT2D eigenvalue weighted by atomic mass is 16.5. The molecule has 6 rings (SSSR count). The molecule has 156 valence electrons. The number of rotatable bonds is 1. The quantitative estimate of drug-likeness (QED) is 0.582. The SMILES string of the molecule is CC1=Nc2c(c(C)c(N3CCCCC3)c3c(C)cccc23)OC12C=c1ccccc1=N2. The highest BCUT2D eigenvalue weighted by Crippen LogP contribution is 2.50. The summed E-state index contributed by atoms with van der Waals surface area (Å²) in [6.45, 7) is 8.63. The molecule has 0 saturated carbocycles. The van der Waals surface area contributed by atoms with Gasteiger partial charge in [-0.2, -0.15) is 0 Å². The Morgan fingerprint density at radius 3 is 2.55 bits per heavy atom. The van der Waals surface area contributed by atoms with Gasteiger partial charge in [0.05, 0.1) is 16.8 Å².